The molecule has 0 aliphatic carbocycles. The summed E-state index contributed by atoms with van der Waals surface area (Å²) in [6, 6.07) is 9.13. The molecule has 2 aromatic carbocycles. The first-order valence-electron chi connectivity index (χ1n) is 6.44. The second-order valence-corrected chi connectivity index (χ2v) is 5.76. The van der Waals surface area contributed by atoms with Gasteiger partial charge in [0, 0.05) is 4.47 Å². The molecule has 4 nitrogen and oxygen atoms in total. The molecule has 21 heavy (non-hydrogen) atoms. The van der Waals surface area contributed by atoms with Crippen molar-refractivity contribution in [2.24, 2.45) is 0 Å². The number of benzene rings is 2. The van der Waals surface area contributed by atoms with Crippen molar-refractivity contribution in [2.75, 3.05) is 18.2 Å². The van der Waals surface area contributed by atoms with E-state index in [-0.39, 0.29) is 5.91 Å². The molecule has 0 spiro atoms. The number of nitrogens with two attached hydrogens (primary N) is 1. The Bertz CT molecular complexity index is 676. The summed E-state index contributed by atoms with van der Waals surface area (Å²) >= 11 is 3.38. The maximum Gasteiger partial charge on any atom is 0.259 e. The van der Waals surface area contributed by atoms with Gasteiger partial charge < -0.3 is 15.8 Å². The summed E-state index contributed by atoms with van der Waals surface area (Å²) in [5.74, 6) is 0.291. The number of halogens is 1. The Labute approximate surface area is 132 Å². The molecule has 0 aromatic heterocycles. The number of aryl methyl sites for hydroxylation is 2. The predicted octanol–water partition coefficient (Wildman–Crippen LogP) is 3.91. The molecule has 0 atom stereocenters. The third-order valence-electron chi connectivity index (χ3n) is 3.17. The zero-order chi connectivity index (χ0) is 15.6. The molecule has 2 rings (SSSR count). The second kappa shape index (κ2) is 6.18. The van der Waals surface area contributed by atoms with Crippen LogP contribution in [0.3, 0.4) is 0 Å². The lowest BCUT2D eigenvalue weighted by atomic mass is 10.1. The van der Waals surface area contributed by atoms with E-state index in [4.69, 9.17) is 10.5 Å². The summed E-state index contributed by atoms with van der Waals surface area (Å²) in [7, 11) is 1.54. The molecular weight excluding hydrogens is 332 g/mol. The lowest BCUT2D eigenvalue weighted by Crippen LogP contribution is -2.15. The SMILES string of the molecule is COc1ccc(C)cc1C(=O)Nc1c(C)cc(Br)cc1N. The molecule has 3 N–H and O–H groups in total. The first kappa shape index (κ1) is 15.4. The molecule has 0 aliphatic rings. The molecule has 0 bridgehead atoms. The number of hydrogen-bond acceptors (Lipinski definition) is 3. The standard InChI is InChI=1S/C16H17BrN2O2/c1-9-4-5-14(21-3)12(6-9)16(20)19-15-10(2)7-11(17)8-13(15)18/h4-8H,18H2,1-3H3,(H,19,20). The maximum atomic E-state index is 12.5. The fourth-order valence-corrected chi connectivity index (χ4v) is 2.71. The number of anilines is 2. The van der Waals surface area contributed by atoms with Crippen molar-refractivity contribution >= 4 is 33.2 Å². The minimum atomic E-state index is -0.243. The molecule has 0 saturated heterocycles. The number of nitrogen functional groups attached to an aromatic ring is 1. The predicted molar refractivity (Wildman–Crippen MR) is 89.0 cm³/mol. The van der Waals surface area contributed by atoms with Crippen LogP contribution in [0.4, 0.5) is 11.4 Å². The van der Waals surface area contributed by atoms with E-state index in [0.29, 0.717) is 22.7 Å². The molecule has 0 aliphatic heterocycles. The van der Waals surface area contributed by atoms with Crippen molar-refractivity contribution in [3.8, 4) is 5.75 Å². The Balaban J connectivity index is 2.37. The van der Waals surface area contributed by atoms with Gasteiger partial charge in [-0.1, -0.05) is 27.6 Å². The number of carbonyl (C=O) groups is 1. The Hall–Kier alpha value is -2.01. The van der Waals surface area contributed by atoms with Crippen LogP contribution in [-0.2, 0) is 0 Å². The number of nitrogens with one attached hydrogen (secondary N) is 1. The van der Waals surface area contributed by atoms with Gasteiger partial charge in [0.25, 0.3) is 5.91 Å². The first-order chi connectivity index (χ1) is 9.92. The minimum Gasteiger partial charge on any atom is -0.496 e. The molecule has 2 aromatic rings. The van der Waals surface area contributed by atoms with Crippen molar-refractivity contribution < 1.29 is 9.53 Å². The zero-order valence-electron chi connectivity index (χ0n) is 12.2. The highest BCUT2D eigenvalue weighted by atomic mass is 79.9. The van der Waals surface area contributed by atoms with Gasteiger partial charge in [-0.2, -0.15) is 0 Å². The van der Waals surface area contributed by atoms with E-state index in [9.17, 15) is 4.79 Å². The molecule has 1 amide bonds. The summed E-state index contributed by atoms with van der Waals surface area (Å²) in [6.07, 6.45) is 0. The number of rotatable bonds is 3. The van der Waals surface area contributed by atoms with Gasteiger partial charge >= 0.3 is 0 Å². The third kappa shape index (κ3) is 3.36. The number of ether oxygens (including phenoxy) is 1. The van der Waals surface area contributed by atoms with E-state index in [1.54, 1.807) is 25.3 Å². The summed E-state index contributed by atoms with van der Waals surface area (Å²) in [5.41, 5.74) is 9.47. The van der Waals surface area contributed by atoms with Gasteiger partial charge in [0.15, 0.2) is 0 Å². The van der Waals surface area contributed by atoms with Crippen LogP contribution in [0.25, 0.3) is 0 Å². The van der Waals surface area contributed by atoms with Crippen molar-refractivity contribution in [3.63, 3.8) is 0 Å². The molecule has 5 heteroatoms. The fraction of sp³-hybridized carbons (Fsp3) is 0.188. The topological polar surface area (TPSA) is 64.3 Å². The van der Waals surface area contributed by atoms with Crippen molar-refractivity contribution in [1.82, 2.24) is 0 Å². The second-order valence-electron chi connectivity index (χ2n) is 4.84. The molecular formula is C16H17BrN2O2. The normalized spacial score (nSPS) is 10.3. The number of carbonyl (C=O) groups excluding carboxylic acids is 1. The summed E-state index contributed by atoms with van der Waals surface area (Å²) in [4.78, 5) is 12.5. The molecule has 0 fully saturated rings. The van der Waals surface area contributed by atoms with Gasteiger partial charge in [0.1, 0.15) is 5.75 Å². The molecule has 0 saturated carbocycles. The van der Waals surface area contributed by atoms with Crippen LogP contribution >= 0.6 is 15.9 Å². The Kier molecular flexibility index (Phi) is 4.53. The van der Waals surface area contributed by atoms with Crippen LogP contribution in [0.2, 0.25) is 0 Å². The lowest BCUT2D eigenvalue weighted by molar-refractivity contribution is 0.102. The van der Waals surface area contributed by atoms with E-state index < -0.39 is 0 Å². The number of hydrogen-bond donors (Lipinski definition) is 2. The average Bonchev–Trinajstić information content (AvgIpc) is 2.42. The van der Waals surface area contributed by atoms with Crippen LogP contribution in [0.15, 0.2) is 34.8 Å². The minimum absolute atomic E-state index is 0.243. The van der Waals surface area contributed by atoms with Gasteiger partial charge in [-0.25, -0.2) is 0 Å². The van der Waals surface area contributed by atoms with Gasteiger partial charge in [-0.05, 0) is 43.7 Å². The van der Waals surface area contributed by atoms with E-state index in [1.165, 1.54) is 0 Å². The maximum absolute atomic E-state index is 12.5. The van der Waals surface area contributed by atoms with E-state index in [0.717, 1.165) is 15.6 Å². The number of amides is 1. The fourth-order valence-electron chi connectivity index (χ4n) is 2.12. The molecule has 0 radical (unpaired) electrons. The summed E-state index contributed by atoms with van der Waals surface area (Å²) < 4.78 is 6.12. The highest BCUT2D eigenvalue weighted by molar-refractivity contribution is 9.10. The smallest absolute Gasteiger partial charge is 0.259 e. The zero-order valence-corrected chi connectivity index (χ0v) is 13.7. The quantitative estimate of drug-likeness (QED) is 0.826. The Morgan fingerprint density at radius 3 is 2.57 bits per heavy atom. The van der Waals surface area contributed by atoms with Crippen LogP contribution in [0.5, 0.6) is 5.75 Å². The highest BCUT2D eigenvalue weighted by Crippen LogP contribution is 2.29. The first-order valence-corrected chi connectivity index (χ1v) is 7.23. The lowest BCUT2D eigenvalue weighted by Gasteiger charge is -2.14. The Morgan fingerprint density at radius 1 is 1.24 bits per heavy atom. The van der Waals surface area contributed by atoms with Crippen LogP contribution in [0, 0.1) is 13.8 Å². The van der Waals surface area contributed by atoms with Crippen molar-refractivity contribution in [2.45, 2.75) is 13.8 Å². The van der Waals surface area contributed by atoms with Gasteiger partial charge in [0.2, 0.25) is 0 Å². The van der Waals surface area contributed by atoms with Crippen LogP contribution in [0.1, 0.15) is 21.5 Å². The Morgan fingerprint density at radius 2 is 1.95 bits per heavy atom. The molecule has 0 unspecified atom stereocenters. The number of methoxy groups -OCH3 is 1. The van der Waals surface area contributed by atoms with Crippen molar-refractivity contribution in [1.29, 1.82) is 0 Å². The summed E-state index contributed by atoms with van der Waals surface area (Å²) in [5, 5.41) is 2.86. The third-order valence-corrected chi connectivity index (χ3v) is 3.63. The van der Waals surface area contributed by atoms with Crippen LogP contribution in [-0.4, -0.2) is 13.0 Å². The molecule has 110 valence electrons. The summed E-state index contributed by atoms with van der Waals surface area (Å²) in [6.45, 7) is 3.82. The van der Waals surface area contributed by atoms with E-state index in [2.05, 4.69) is 21.2 Å². The highest BCUT2D eigenvalue weighted by Gasteiger charge is 2.15. The van der Waals surface area contributed by atoms with Gasteiger partial charge in [0.05, 0.1) is 24.0 Å². The van der Waals surface area contributed by atoms with Crippen LogP contribution < -0.4 is 15.8 Å². The van der Waals surface area contributed by atoms with E-state index >= 15 is 0 Å². The van der Waals surface area contributed by atoms with Gasteiger partial charge in [-0.15, -0.1) is 0 Å². The van der Waals surface area contributed by atoms with Gasteiger partial charge in [-0.3, -0.25) is 4.79 Å². The van der Waals surface area contributed by atoms with E-state index in [1.807, 2.05) is 26.0 Å². The van der Waals surface area contributed by atoms with Crippen molar-refractivity contribution in [3.05, 3.63) is 51.5 Å². The molecule has 0 heterocycles. The average molecular weight is 349 g/mol. The largest absolute Gasteiger partial charge is 0.496 e. The monoisotopic (exact) mass is 348 g/mol.